The molecule has 1 aliphatic rings. The Morgan fingerprint density at radius 3 is 2.25 bits per heavy atom. The molecule has 1 aromatic carbocycles. The molecule has 6 nitrogen and oxygen atoms in total. The van der Waals surface area contributed by atoms with Gasteiger partial charge in [0.1, 0.15) is 5.75 Å². The molecule has 0 N–H and O–H groups in total. The van der Waals surface area contributed by atoms with Gasteiger partial charge < -0.3 is 9.64 Å². The highest BCUT2D eigenvalue weighted by atomic mass is 32.2. The fourth-order valence-electron chi connectivity index (χ4n) is 2.60. The van der Waals surface area contributed by atoms with Crippen LogP contribution in [-0.2, 0) is 10.0 Å². The summed E-state index contributed by atoms with van der Waals surface area (Å²) in [5.41, 5.74) is 0.213. The van der Waals surface area contributed by atoms with Crippen molar-refractivity contribution in [2.45, 2.75) is 19.3 Å². The maximum Gasteiger partial charge on any atom is 0.573 e. The van der Waals surface area contributed by atoms with Gasteiger partial charge in [-0.3, -0.25) is 4.79 Å². The zero-order chi connectivity index (χ0) is 18.1. The minimum Gasteiger partial charge on any atom is -0.406 e. The number of halogens is 3. The van der Waals surface area contributed by atoms with Crippen LogP contribution in [0, 0.1) is 0 Å². The van der Waals surface area contributed by atoms with E-state index in [4.69, 9.17) is 0 Å². The van der Waals surface area contributed by atoms with E-state index in [1.54, 1.807) is 6.92 Å². The van der Waals surface area contributed by atoms with Crippen molar-refractivity contribution in [3.8, 4) is 5.75 Å². The van der Waals surface area contributed by atoms with Crippen molar-refractivity contribution in [3.63, 3.8) is 0 Å². The number of amides is 1. The Labute approximate surface area is 137 Å². The van der Waals surface area contributed by atoms with Gasteiger partial charge in [0.15, 0.2) is 0 Å². The molecule has 0 aliphatic carbocycles. The van der Waals surface area contributed by atoms with Gasteiger partial charge in [0.2, 0.25) is 10.0 Å². The number of sulfonamides is 1. The van der Waals surface area contributed by atoms with E-state index in [-0.39, 0.29) is 37.1 Å². The third kappa shape index (κ3) is 4.60. The number of carbonyl (C=O) groups excluding carboxylic acids is 1. The lowest BCUT2D eigenvalue weighted by atomic mass is 10.1. The topological polar surface area (TPSA) is 66.9 Å². The van der Waals surface area contributed by atoms with E-state index in [0.29, 0.717) is 0 Å². The zero-order valence-electron chi connectivity index (χ0n) is 13.1. The maximum absolute atomic E-state index is 12.4. The van der Waals surface area contributed by atoms with Crippen LogP contribution in [0.2, 0.25) is 0 Å². The summed E-state index contributed by atoms with van der Waals surface area (Å²) < 4.78 is 64.6. The summed E-state index contributed by atoms with van der Waals surface area (Å²) in [5, 5.41) is 0. The number of carbonyl (C=O) groups is 1. The van der Waals surface area contributed by atoms with Crippen LogP contribution in [0.25, 0.3) is 0 Å². The van der Waals surface area contributed by atoms with E-state index in [1.165, 1.54) is 21.3 Å². The number of hydrogen-bond acceptors (Lipinski definition) is 4. The summed E-state index contributed by atoms with van der Waals surface area (Å²) in [7, 11) is -3.34. The van der Waals surface area contributed by atoms with E-state index >= 15 is 0 Å². The van der Waals surface area contributed by atoms with E-state index in [0.717, 1.165) is 18.4 Å². The Balaban J connectivity index is 2.05. The van der Waals surface area contributed by atoms with Crippen LogP contribution in [0.3, 0.4) is 0 Å². The number of rotatable bonds is 3. The summed E-state index contributed by atoms with van der Waals surface area (Å²) in [5.74, 6) is -0.775. The molecule has 2 rings (SSSR count). The Morgan fingerprint density at radius 2 is 1.79 bits per heavy atom. The largest absolute Gasteiger partial charge is 0.573 e. The number of benzene rings is 1. The first kappa shape index (κ1) is 18.5. The SMILES string of the molecule is C[C@H]1CN(C(=O)c2ccc(OC(F)(F)F)cc2)CCN1S(C)(=O)=O. The van der Waals surface area contributed by atoms with Crippen LogP contribution < -0.4 is 4.74 Å². The lowest BCUT2D eigenvalue weighted by Gasteiger charge is -2.38. The first-order valence-electron chi connectivity index (χ1n) is 7.09. The van der Waals surface area contributed by atoms with Gasteiger partial charge in [0.05, 0.1) is 6.26 Å². The van der Waals surface area contributed by atoms with Gasteiger partial charge in [0, 0.05) is 31.2 Å². The van der Waals surface area contributed by atoms with Crippen molar-refractivity contribution in [1.82, 2.24) is 9.21 Å². The maximum atomic E-state index is 12.4. The van der Waals surface area contributed by atoms with Crippen LogP contribution in [0.1, 0.15) is 17.3 Å². The highest BCUT2D eigenvalue weighted by Gasteiger charge is 2.33. The fraction of sp³-hybridized carbons (Fsp3) is 0.500. The molecule has 1 fully saturated rings. The van der Waals surface area contributed by atoms with Crippen LogP contribution in [0.5, 0.6) is 5.75 Å². The molecule has 134 valence electrons. The first-order chi connectivity index (χ1) is 11.0. The highest BCUT2D eigenvalue weighted by molar-refractivity contribution is 7.88. The number of hydrogen-bond donors (Lipinski definition) is 0. The van der Waals surface area contributed by atoms with Crippen molar-refractivity contribution in [3.05, 3.63) is 29.8 Å². The van der Waals surface area contributed by atoms with Crippen LogP contribution in [0.4, 0.5) is 13.2 Å². The Bertz CT molecular complexity index is 704. The number of nitrogens with zero attached hydrogens (tertiary/aromatic N) is 2. The van der Waals surface area contributed by atoms with Gasteiger partial charge >= 0.3 is 6.36 Å². The molecule has 1 aromatic rings. The van der Waals surface area contributed by atoms with E-state index in [2.05, 4.69) is 4.74 Å². The minimum atomic E-state index is -4.79. The lowest BCUT2D eigenvalue weighted by Crippen LogP contribution is -2.55. The summed E-state index contributed by atoms with van der Waals surface area (Å²) in [6.45, 7) is 2.31. The second-order valence-electron chi connectivity index (χ2n) is 5.55. The summed E-state index contributed by atoms with van der Waals surface area (Å²) >= 11 is 0. The Hall–Kier alpha value is -1.81. The number of ether oxygens (including phenoxy) is 1. The number of piperazine rings is 1. The number of alkyl halides is 3. The van der Waals surface area contributed by atoms with E-state index in [1.807, 2.05) is 0 Å². The second-order valence-corrected chi connectivity index (χ2v) is 7.48. The fourth-order valence-corrected chi connectivity index (χ4v) is 3.73. The standard InChI is InChI=1S/C14H17F3N2O4S/c1-10-9-18(7-8-19(10)24(2,21)22)13(20)11-3-5-12(6-4-11)23-14(15,16)17/h3-6,10H,7-9H2,1-2H3/t10-/m0/s1. The minimum absolute atomic E-state index is 0.182. The van der Waals surface area contributed by atoms with Crippen molar-refractivity contribution in [2.24, 2.45) is 0 Å². The third-order valence-electron chi connectivity index (χ3n) is 3.61. The van der Waals surface area contributed by atoms with E-state index in [9.17, 15) is 26.4 Å². The molecule has 0 unspecified atom stereocenters. The molecule has 1 saturated heterocycles. The third-order valence-corrected chi connectivity index (χ3v) is 5.01. The molecular weight excluding hydrogens is 349 g/mol. The molecule has 10 heteroatoms. The van der Waals surface area contributed by atoms with Crippen LogP contribution >= 0.6 is 0 Å². The highest BCUT2D eigenvalue weighted by Crippen LogP contribution is 2.23. The monoisotopic (exact) mass is 366 g/mol. The Morgan fingerprint density at radius 1 is 1.21 bits per heavy atom. The molecular formula is C14H17F3N2O4S. The average Bonchev–Trinajstić information content (AvgIpc) is 2.44. The van der Waals surface area contributed by atoms with Gasteiger partial charge in [0.25, 0.3) is 5.91 Å². The predicted octanol–water partition coefficient (Wildman–Crippen LogP) is 1.69. The van der Waals surface area contributed by atoms with Crippen molar-refractivity contribution in [1.29, 1.82) is 0 Å². The molecule has 0 spiro atoms. The zero-order valence-corrected chi connectivity index (χ0v) is 13.9. The summed E-state index contributed by atoms with van der Waals surface area (Å²) in [4.78, 5) is 13.9. The van der Waals surface area contributed by atoms with Gasteiger partial charge in [-0.1, -0.05) is 0 Å². The van der Waals surface area contributed by atoms with Crippen molar-refractivity contribution in [2.75, 3.05) is 25.9 Å². The van der Waals surface area contributed by atoms with Gasteiger partial charge in [-0.15, -0.1) is 13.2 Å². The first-order valence-corrected chi connectivity index (χ1v) is 8.94. The van der Waals surface area contributed by atoms with Crippen molar-refractivity contribution >= 4 is 15.9 Å². The van der Waals surface area contributed by atoms with Crippen LogP contribution in [-0.4, -0.2) is 61.8 Å². The van der Waals surface area contributed by atoms with E-state index < -0.39 is 22.1 Å². The second kappa shape index (κ2) is 6.60. The lowest BCUT2D eigenvalue weighted by molar-refractivity contribution is -0.274. The molecule has 0 aromatic heterocycles. The normalized spacial score (nSPS) is 20.0. The summed E-state index contributed by atoms with van der Waals surface area (Å²) in [6.07, 6.45) is -3.68. The molecule has 0 bridgehead atoms. The smallest absolute Gasteiger partial charge is 0.406 e. The van der Waals surface area contributed by atoms with Gasteiger partial charge in [-0.25, -0.2) is 8.42 Å². The predicted molar refractivity (Wildman–Crippen MR) is 80.0 cm³/mol. The quantitative estimate of drug-likeness (QED) is 0.817. The van der Waals surface area contributed by atoms with Gasteiger partial charge in [-0.05, 0) is 31.2 Å². The van der Waals surface area contributed by atoms with Crippen LogP contribution in [0.15, 0.2) is 24.3 Å². The molecule has 1 amide bonds. The van der Waals surface area contributed by atoms with Gasteiger partial charge in [-0.2, -0.15) is 4.31 Å². The molecule has 1 aliphatic heterocycles. The summed E-state index contributed by atoms with van der Waals surface area (Å²) in [6, 6.07) is 4.26. The molecule has 1 heterocycles. The average molecular weight is 366 g/mol. The molecule has 1 atom stereocenters. The Kier molecular flexibility index (Phi) is 5.09. The molecule has 24 heavy (non-hydrogen) atoms. The molecule has 0 radical (unpaired) electrons. The van der Waals surface area contributed by atoms with Crippen molar-refractivity contribution < 1.29 is 31.1 Å². The molecule has 0 saturated carbocycles.